The van der Waals surface area contributed by atoms with E-state index in [-0.39, 0.29) is 4.90 Å². The molecule has 0 saturated heterocycles. The Kier molecular flexibility index (Phi) is 4.01. The van der Waals surface area contributed by atoms with E-state index in [1.54, 1.807) is 12.1 Å². The van der Waals surface area contributed by atoms with Gasteiger partial charge in [0.25, 0.3) is 0 Å². The van der Waals surface area contributed by atoms with E-state index in [4.69, 9.17) is 4.74 Å². The summed E-state index contributed by atoms with van der Waals surface area (Å²) in [6, 6.07) is 5.96. The van der Waals surface area contributed by atoms with Crippen LogP contribution in [0, 0.1) is 0 Å². The van der Waals surface area contributed by atoms with Gasteiger partial charge in [-0.1, -0.05) is 18.9 Å². The first-order valence-electron chi connectivity index (χ1n) is 6.31. The molecule has 0 bridgehead atoms. The lowest BCUT2D eigenvalue weighted by Crippen LogP contribution is -2.52. The molecule has 0 aromatic heterocycles. The minimum atomic E-state index is -3.89. The highest BCUT2D eigenvalue weighted by Crippen LogP contribution is 2.32. The van der Waals surface area contributed by atoms with Crippen LogP contribution >= 0.6 is 0 Å². The highest BCUT2D eigenvalue weighted by Gasteiger charge is 2.44. The predicted octanol–water partition coefficient (Wildman–Crippen LogP) is 1.37. The third-order valence-corrected chi connectivity index (χ3v) is 5.08. The lowest BCUT2D eigenvalue weighted by molar-refractivity contribution is -0.143. The van der Waals surface area contributed by atoms with E-state index in [9.17, 15) is 18.3 Å². The number of benzene rings is 1. The Labute approximate surface area is 117 Å². The maximum absolute atomic E-state index is 12.3. The Balaban J connectivity index is 2.32. The molecule has 0 amide bonds. The van der Waals surface area contributed by atoms with Crippen LogP contribution < -0.4 is 9.46 Å². The van der Waals surface area contributed by atoms with Gasteiger partial charge < -0.3 is 9.84 Å². The summed E-state index contributed by atoms with van der Waals surface area (Å²) < 4.78 is 32.0. The molecule has 110 valence electrons. The molecule has 1 aromatic rings. The number of aliphatic carboxylic acids is 1. The van der Waals surface area contributed by atoms with E-state index in [0.29, 0.717) is 31.4 Å². The average Bonchev–Trinajstić information content (AvgIpc) is 2.88. The second-order valence-electron chi connectivity index (χ2n) is 4.88. The van der Waals surface area contributed by atoms with E-state index in [0.717, 1.165) is 0 Å². The smallest absolute Gasteiger partial charge is 0.324 e. The van der Waals surface area contributed by atoms with Crippen LogP contribution in [0.5, 0.6) is 5.75 Å². The van der Waals surface area contributed by atoms with E-state index in [1.165, 1.54) is 19.2 Å². The molecular weight excluding hydrogens is 282 g/mol. The number of nitrogens with one attached hydrogen (secondary N) is 1. The molecule has 0 heterocycles. The van der Waals surface area contributed by atoms with E-state index in [2.05, 4.69) is 4.72 Å². The number of hydrogen-bond donors (Lipinski definition) is 2. The molecule has 1 aromatic carbocycles. The second-order valence-corrected chi connectivity index (χ2v) is 6.56. The van der Waals surface area contributed by atoms with E-state index in [1.807, 2.05) is 0 Å². The number of carboxylic acid groups (broad SMARTS) is 1. The quantitative estimate of drug-likeness (QED) is 0.856. The van der Waals surface area contributed by atoms with Gasteiger partial charge in [-0.2, -0.15) is 4.72 Å². The van der Waals surface area contributed by atoms with Crippen molar-refractivity contribution in [2.75, 3.05) is 7.11 Å². The minimum Gasteiger partial charge on any atom is -0.497 e. The fraction of sp³-hybridized carbons (Fsp3) is 0.462. The molecule has 2 N–H and O–H groups in total. The molecule has 1 aliphatic rings. The lowest BCUT2D eigenvalue weighted by atomic mass is 10.0. The number of rotatable bonds is 5. The van der Waals surface area contributed by atoms with Crippen molar-refractivity contribution in [3.63, 3.8) is 0 Å². The molecule has 20 heavy (non-hydrogen) atoms. The highest BCUT2D eigenvalue weighted by atomic mass is 32.2. The van der Waals surface area contributed by atoms with Crippen LogP contribution in [0.15, 0.2) is 29.2 Å². The molecule has 7 heteroatoms. The third-order valence-electron chi connectivity index (χ3n) is 3.55. The first-order valence-corrected chi connectivity index (χ1v) is 7.79. The standard InChI is InChI=1S/C13H17NO5S/c1-19-10-5-4-6-11(9-10)20(17,18)14-13(12(15)16)7-2-3-8-13/h4-6,9,14H,2-3,7-8H2,1H3,(H,15,16). The molecule has 0 spiro atoms. The minimum absolute atomic E-state index is 0.00405. The Hall–Kier alpha value is -1.60. The molecular formula is C13H17NO5S. The van der Waals surface area contributed by atoms with Crippen molar-refractivity contribution in [2.24, 2.45) is 0 Å². The Bertz CT molecular complexity index is 605. The van der Waals surface area contributed by atoms with E-state index >= 15 is 0 Å². The molecule has 6 nitrogen and oxygen atoms in total. The first-order chi connectivity index (χ1) is 9.39. The van der Waals surface area contributed by atoms with Gasteiger partial charge >= 0.3 is 5.97 Å². The Morgan fingerprint density at radius 1 is 1.35 bits per heavy atom. The molecule has 2 rings (SSSR count). The van der Waals surface area contributed by atoms with E-state index < -0.39 is 21.5 Å². The molecule has 0 aliphatic heterocycles. The molecule has 1 saturated carbocycles. The molecule has 1 fully saturated rings. The van der Waals surface area contributed by atoms with Crippen molar-refractivity contribution in [3.8, 4) is 5.75 Å². The van der Waals surface area contributed by atoms with Crippen molar-refractivity contribution in [1.82, 2.24) is 4.72 Å². The zero-order valence-corrected chi connectivity index (χ0v) is 11.9. The summed E-state index contributed by atoms with van der Waals surface area (Å²) in [5.74, 6) is -0.717. The van der Waals surface area contributed by atoms with Crippen LogP contribution in [-0.2, 0) is 14.8 Å². The molecule has 0 unspecified atom stereocenters. The predicted molar refractivity (Wildman–Crippen MR) is 72.2 cm³/mol. The topological polar surface area (TPSA) is 92.7 Å². The highest BCUT2D eigenvalue weighted by molar-refractivity contribution is 7.89. The van der Waals surface area contributed by atoms with Crippen molar-refractivity contribution < 1.29 is 23.1 Å². The van der Waals surface area contributed by atoms with Gasteiger partial charge in [-0.3, -0.25) is 4.79 Å². The SMILES string of the molecule is COc1cccc(S(=O)(=O)NC2(C(=O)O)CCCC2)c1. The van der Waals surface area contributed by atoms with Crippen LogP contribution in [0.2, 0.25) is 0 Å². The van der Waals surface area contributed by atoms with Gasteiger partial charge in [-0.05, 0) is 25.0 Å². The summed E-state index contributed by atoms with van der Waals surface area (Å²) in [6.45, 7) is 0. The monoisotopic (exact) mass is 299 g/mol. The zero-order valence-electron chi connectivity index (χ0n) is 11.1. The lowest BCUT2D eigenvalue weighted by Gasteiger charge is -2.25. The van der Waals surface area contributed by atoms with Crippen LogP contribution in [0.1, 0.15) is 25.7 Å². The normalized spacial score (nSPS) is 17.9. The van der Waals surface area contributed by atoms with Crippen LogP contribution in [0.4, 0.5) is 0 Å². The number of ether oxygens (including phenoxy) is 1. The van der Waals surface area contributed by atoms with Gasteiger partial charge in [0.2, 0.25) is 10.0 Å². The van der Waals surface area contributed by atoms with Crippen LogP contribution in [0.3, 0.4) is 0 Å². The molecule has 1 aliphatic carbocycles. The Morgan fingerprint density at radius 3 is 2.55 bits per heavy atom. The molecule has 0 atom stereocenters. The number of hydrogen-bond acceptors (Lipinski definition) is 4. The second kappa shape index (κ2) is 5.41. The van der Waals surface area contributed by atoms with Gasteiger partial charge in [-0.25, -0.2) is 8.42 Å². The average molecular weight is 299 g/mol. The van der Waals surface area contributed by atoms with Gasteiger partial charge in [0.15, 0.2) is 0 Å². The van der Waals surface area contributed by atoms with Gasteiger partial charge in [-0.15, -0.1) is 0 Å². The third kappa shape index (κ3) is 2.78. The number of methoxy groups -OCH3 is 1. The van der Waals surface area contributed by atoms with Crippen molar-refractivity contribution in [2.45, 2.75) is 36.1 Å². The fourth-order valence-corrected chi connectivity index (χ4v) is 3.88. The van der Waals surface area contributed by atoms with Crippen molar-refractivity contribution >= 4 is 16.0 Å². The summed E-state index contributed by atoms with van der Waals surface area (Å²) in [6.07, 6.45) is 2.02. The first kappa shape index (κ1) is 14.8. The maximum atomic E-state index is 12.3. The van der Waals surface area contributed by atoms with Gasteiger partial charge in [0.05, 0.1) is 12.0 Å². The number of carboxylic acids is 1. The van der Waals surface area contributed by atoms with Gasteiger partial charge in [0, 0.05) is 6.07 Å². The number of carbonyl (C=O) groups is 1. The van der Waals surface area contributed by atoms with Gasteiger partial charge in [0.1, 0.15) is 11.3 Å². The summed E-state index contributed by atoms with van der Waals surface area (Å²) in [5.41, 5.74) is -1.39. The summed E-state index contributed by atoms with van der Waals surface area (Å²) in [7, 11) is -2.45. The molecule has 0 radical (unpaired) electrons. The summed E-state index contributed by atoms with van der Waals surface area (Å²) in [5, 5.41) is 9.32. The summed E-state index contributed by atoms with van der Waals surface area (Å²) in [4.78, 5) is 11.4. The summed E-state index contributed by atoms with van der Waals surface area (Å²) >= 11 is 0. The van der Waals surface area contributed by atoms with Crippen LogP contribution in [0.25, 0.3) is 0 Å². The fourth-order valence-electron chi connectivity index (χ4n) is 2.42. The zero-order chi connectivity index (χ0) is 14.8. The number of sulfonamides is 1. The van der Waals surface area contributed by atoms with Crippen molar-refractivity contribution in [1.29, 1.82) is 0 Å². The van der Waals surface area contributed by atoms with Crippen LogP contribution in [-0.4, -0.2) is 32.1 Å². The largest absolute Gasteiger partial charge is 0.497 e. The Morgan fingerprint density at radius 2 is 2.00 bits per heavy atom. The maximum Gasteiger partial charge on any atom is 0.324 e. The van der Waals surface area contributed by atoms with Crippen molar-refractivity contribution in [3.05, 3.63) is 24.3 Å².